The van der Waals surface area contributed by atoms with Crippen molar-refractivity contribution in [1.82, 2.24) is 15.2 Å². The summed E-state index contributed by atoms with van der Waals surface area (Å²) in [6.45, 7) is 0.237. The fraction of sp³-hybridized carbons (Fsp3) is 0.0500. The molecule has 2 aromatic heterocycles. The molecule has 0 bridgehead atoms. The number of halogens is 2. The minimum absolute atomic E-state index is 0.0150. The van der Waals surface area contributed by atoms with E-state index < -0.39 is 17.5 Å². The molecule has 6 nitrogen and oxygen atoms in total. The Morgan fingerprint density at radius 1 is 1.07 bits per heavy atom. The Morgan fingerprint density at radius 2 is 1.96 bits per heavy atom. The van der Waals surface area contributed by atoms with E-state index in [2.05, 4.69) is 25.8 Å². The maximum absolute atomic E-state index is 14.2. The van der Waals surface area contributed by atoms with Gasteiger partial charge in [0.1, 0.15) is 11.6 Å². The van der Waals surface area contributed by atoms with Gasteiger partial charge in [-0.2, -0.15) is 5.10 Å². The first-order valence-electron chi connectivity index (χ1n) is 8.47. The van der Waals surface area contributed by atoms with Crippen molar-refractivity contribution in [2.24, 2.45) is 0 Å². The Hall–Kier alpha value is -3.81. The highest BCUT2D eigenvalue weighted by atomic mass is 19.1. The topological polar surface area (TPSA) is 82.7 Å². The van der Waals surface area contributed by atoms with Crippen molar-refractivity contribution in [2.75, 3.05) is 10.6 Å². The monoisotopic (exact) mass is 379 g/mol. The number of H-pyrrole nitrogens is 1. The molecule has 3 N–H and O–H groups in total. The third-order valence-corrected chi connectivity index (χ3v) is 4.19. The molecule has 140 valence electrons. The van der Waals surface area contributed by atoms with Crippen molar-refractivity contribution < 1.29 is 13.6 Å². The first-order chi connectivity index (χ1) is 13.6. The highest BCUT2D eigenvalue weighted by Crippen LogP contribution is 2.22. The van der Waals surface area contributed by atoms with Crippen molar-refractivity contribution in [3.05, 3.63) is 83.8 Å². The molecule has 2 aromatic carbocycles. The average Bonchev–Trinajstić information content (AvgIpc) is 3.16. The summed E-state index contributed by atoms with van der Waals surface area (Å²) in [5.74, 6) is -2.41. The van der Waals surface area contributed by atoms with Gasteiger partial charge in [-0.05, 0) is 36.4 Å². The Balaban J connectivity index is 1.54. The van der Waals surface area contributed by atoms with Crippen molar-refractivity contribution in [2.45, 2.75) is 6.54 Å². The molecule has 8 heteroatoms. The first kappa shape index (κ1) is 17.6. The quantitative estimate of drug-likeness (QED) is 0.488. The van der Waals surface area contributed by atoms with E-state index in [4.69, 9.17) is 0 Å². The molecular formula is C20H15F2N5O. The summed E-state index contributed by atoms with van der Waals surface area (Å²) in [6.07, 6.45) is 3.27. The van der Waals surface area contributed by atoms with E-state index in [1.165, 1.54) is 0 Å². The van der Waals surface area contributed by atoms with E-state index in [-0.39, 0.29) is 17.8 Å². The van der Waals surface area contributed by atoms with Gasteiger partial charge in [-0.3, -0.25) is 14.9 Å². The summed E-state index contributed by atoms with van der Waals surface area (Å²) in [6, 6.07) is 12.3. The molecule has 0 aliphatic carbocycles. The minimum Gasteiger partial charge on any atom is -0.377 e. The normalized spacial score (nSPS) is 10.8. The zero-order chi connectivity index (χ0) is 19.5. The number of hydrogen-bond donors (Lipinski definition) is 3. The molecule has 0 aliphatic rings. The summed E-state index contributed by atoms with van der Waals surface area (Å²) in [4.78, 5) is 16.6. The molecule has 0 fully saturated rings. The molecule has 1 amide bonds. The number of amides is 1. The number of fused-ring (bicyclic) bond motifs is 1. The Morgan fingerprint density at radius 3 is 2.79 bits per heavy atom. The third kappa shape index (κ3) is 3.66. The Labute approximate surface area is 158 Å². The second kappa shape index (κ2) is 7.43. The second-order valence-corrected chi connectivity index (χ2v) is 6.11. The number of carbonyl (C=O) groups is 1. The molecule has 2 heterocycles. The molecule has 0 unspecified atom stereocenters. The number of pyridine rings is 1. The zero-order valence-corrected chi connectivity index (χ0v) is 14.5. The predicted molar refractivity (Wildman–Crippen MR) is 102 cm³/mol. The van der Waals surface area contributed by atoms with E-state index in [0.717, 1.165) is 17.0 Å². The molecule has 4 rings (SSSR count). The summed E-state index contributed by atoms with van der Waals surface area (Å²) < 4.78 is 28.3. The van der Waals surface area contributed by atoms with Gasteiger partial charge >= 0.3 is 0 Å². The van der Waals surface area contributed by atoms with Gasteiger partial charge in [-0.25, -0.2) is 8.78 Å². The van der Waals surface area contributed by atoms with Crippen LogP contribution in [-0.2, 0) is 6.54 Å². The van der Waals surface area contributed by atoms with Crippen LogP contribution in [0, 0.1) is 11.6 Å². The van der Waals surface area contributed by atoms with Crippen LogP contribution in [0.3, 0.4) is 0 Å². The SMILES string of the molecule is O=C(Nc1ccc2cn[nH]c2c1)c1cc(NCc2ccccn2)c(F)cc1F. The smallest absolute Gasteiger partial charge is 0.258 e. The fourth-order valence-corrected chi connectivity index (χ4v) is 2.76. The number of hydrogen-bond acceptors (Lipinski definition) is 4. The largest absolute Gasteiger partial charge is 0.377 e. The van der Waals surface area contributed by atoms with Crippen LogP contribution in [0.5, 0.6) is 0 Å². The van der Waals surface area contributed by atoms with Crippen molar-refractivity contribution in [1.29, 1.82) is 0 Å². The maximum atomic E-state index is 14.2. The molecule has 4 aromatic rings. The van der Waals surface area contributed by atoms with E-state index in [1.54, 1.807) is 48.8 Å². The highest BCUT2D eigenvalue weighted by Gasteiger charge is 2.17. The van der Waals surface area contributed by atoms with Gasteiger partial charge in [0.25, 0.3) is 5.91 Å². The number of carbonyl (C=O) groups excluding carboxylic acids is 1. The lowest BCUT2D eigenvalue weighted by Gasteiger charge is -2.11. The molecule has 0 radical (unpaired) electrons. The molecule has 0 spiro atoms. The number of rotatable bonds is 5. The lowest BCUT2D eigenvalue weighted by Crippen LogP contribution is -2.15. The van der Waals surface area contributed by atoms with Crippen LogP contribution < -0.4 is 10.6 Å². The van der Waals surface area contributed by atoms with E-state index >= 15 is 0 Å². The summed E-state index contributed by atoms with van der Waals surface area (Å²) in [7, 11) is 0. The molecule has 0 aliphatic heterocycles. The van der Waals surface area contributed by atoms with Crippen LogP contribution in [0.15, 0.2) is 60.9 Å². The molecule has 28 heavy (non-hydrogen) atoms. The van der Waals surface area contributed by atoms with Gasteiger partial charge < -0.3 is 10.6 Å². The Kier molecular flexibility index (Phi) is 4.67. The number of nitrogens with one attached hydrogen (secondary N) is 3. The third-order valence-electron chi connectivity index (χ3n) is 4.19. The van der Waals surface area contributed by atoms with E-state index in [0.29, 0.717) is 17.4 Å². The number of anilines is 2. The number of nitrogens with zero attached hydrogens (tertiary/aromatic N) is 2. The predicted octanol–water partition coefficient (Wildman–Crippen LogP) is 4.10. The van der Waals surface area contributed by atoms with Crippen LogP contribution in [0.4, 0.5) is 20.2 Å². The van der Waals surface area contributed by atoms with E-state index in [9.17, 15) is 13.6 Å². The van der Waals surface area contributed by atoms with Gasteiger partial charge in [0.15, 0.2) is 0 Å². The second-order valence-electron chi connectivity index (χ2n) is 6.11. The lowest BCUT2D eigenvalue weighted by atomic mass is 10.1. The summed E-state index contributed by atoms with van der Waals surface area (Å²) >= 11 is 0. The first-order valence-corrected chi connectivity index (χ1v) is 8.47. The molecule has 0 saturated carbocycles. The van der Waals surface area contributed by atoms with Crippen molar-refractivity contribution >= 4 is 28.2 Å². The van der Waals surface area contributed by atoms with Crippen LogP contribution in [0.2, 0.25) is 0 Å². The van der Waals surface area contributed by atoms with Crippen LogP contribution in [0.1, 0.15) is 16.1 Å². The number of benzene rings is 2. The maximum Gasteiger partial charge on any atom is 0.258 e. The van der Waals surface area contributed by atoms with Crippen LogP contribution in [0.25, 0.3) is 10.9 Å². The van der Waals surface area contributed by atoms with Crippen LogP contribution >= 0.6 is 0 Å². The molecule has 0 atom stereocenters. The van der Waals surface area contributed by atoms with Gasteiger partial charge in [0.05, 0.1) is 35.2 Å². The fourth-order valence-electron chi connectivity index (χ4n) is 2.76. The van der Waals surface area contributed by atoms with Gasteiger partial charge in [-0.1, -0.05) is 6.07 Å². The van der Waals surface area contributed by atoms with Gasteiger partial charge in [0, 0.05) is 23.3 Å². The van der Waals surface area contributed by atoms with Crippen LogP contribution in [-0.4, -0.2) is 21.1 Å². The van der Waals surface area contributed by atoms with Crippen molar-refractivity contribution in [3.8, 4) is 0 Å². The minimum atomic E-state index is -0.944. The Bertz CT molecular complexity index is 1140. The average molecular weight is 379 g/mol. The highest BCUT2D eigenvalue weighted by molar-refractivity contribution is 6.05. The molecule has 0 saturated heterocycles. The zero-order valence-electron chi connectivity index (χ0n) is 14.5. The van der Waals surface area contributed by atoms with Crippen molar-refractivity contribution in [3.63, 3.8) is 0 Å². The molecular weight excluding hydrogens is 364 g/mol. The standard InChI is InChI=1S/C20H15F2N5O/c21-16-9-17(22)19(24-11-14-3-1-2-6-23-14)8-15(16)20(28)26-13-5-4-12-10-25-27-18(12)7-13/h1-10,24H,11H2,(H,25,27)(H,26,28). The van der Waals surface area contributed by atoms with Gasteiger partial charge in [-0.15, -0.1) is 0 Å². The lowest BCUT2D eigenvalue weighted by molar-refractivity contribution is 0.102. The summed E-state index contributed by atoms with van der Waals surface area (Å²) in [5.41, 5.74) is 1.63. The summed E-state index contributed by atoms with van der Waals surface area (Å²) in [5, 5.41) is 13.0. The van der Waals surface area contributed by atoms with Gasteiger partial charge in [0.2, 0.25) is 0 Å². The van der Waals surface area contributed by atoms with E-state index in [1.807, 2.05) is 0 Å². The number of aromatic amines is 1. The number of aromatic nitrogens is 3.